The average Bonchev–Trinajstić information content (AvgIpc) is 2.31. The van der Waals surface area contributed by atoms with Crippen LogP contribution in [0.5, 0.6) is 0 Å². The second kappa shape index (κ2) is 5.58. The number of hydrogen-bond donors (Lipinski definition) is 2. The minimum atomic E-state index is -3.11. The van der Waals surface area contributed by atoms with Crippen molar-refractivity contribution in [2.75, 3.05) is 18.8 Å². The molecular formula is C15H28N2O2S. The lowest BCUT2D eigenvalue weighted by atomic mass is 9.53. The summed E-state index contributed by atoms with van der Waals surface area (Å²) < 4.78 is 27.8. The van der Waals surface area contributed by atoms with Gasteiger partial charge in [0.05, 0.1) is 5.75 Å². The lowest BCUT2D eigenvalue weighted by molar-refractivity contribution is -0.00809. The quantitative estimate of drug-likeness (QED) is 0.706. The van der Waals surface area contributed by atoms with Crippen LogP contribution < -0.4 is 10.0 Å². The van der Waals surface area contributed by atoms with Crippen LogP contribution >= 0.6 is 0 Å². The van der Waals surface area contributed by atoms with Gasteiger partial charge in [0.25, 0.3) is 0 Å². The van der Waals surface area contributed by atoms with Crippen LogP contribution in [0.2, 0.25) is 0 Å². The van der Waals surface area contributed by atoms with Gasteiger partial charge in [-0.3, -0.25) is 0 Å². The van der Waals surface area contributed by atoms with E-state index < -0.39 is 10.0 Å². The highest BCUT2D eigenvalue weighted by Crippen LogP contribution is 2.55. The van der Waals surface area contributed by atoms with Gasteiger partial charge >= 0.3 is 0 Å². The highest BCUT2D eigenvalue weighted by Gasteiger charge is 2.52. The van der Waals surface area contributed by atoms with E-state index in [4.69, 9.17) is 0 Å². The van der Waals surface area contributed by atoms with Gasteiger partial charge in [-0.2, -0.15) is 0 Å². The van der Waals surface area contributed by atoms with Crippen LogP contribution in [0.25, 0.3) is 0 Å². The Hall–Kier alpha value is -0.130. The molecule has 0 aromatic rings. The molecule has 0 aliphatic heterocycles. The molecule has 20 heavy (non-hydrogen) atoms. The van der Waals surface area contributed by atoms with Crippen LogP contribution in [-0.4, -0.2) is 32.8 Å². The van der Waals surface area contributed by atoms with Crippen LogP contribution in [0.4, 0.5) is 0 Å². The first-order valence-corrected chi connectivity index (χ1v) is 9.88. The van der Waals surface area contributed by atoms with Gasteiger partial charge in [0.2, 0.25) is 10.0 Å². The molecule has 2 N–H and O–H groups in total. The van der Waals surface area contributed by atoms with E-state index in [9.17, 15) is 8.42 Å². The van der Waals surface area contributed by atoms with E-state index in [1.54, 1.807) is 0 Å². The van der Waals surface area contributed by atoms with Crippen molar-refractivity contribution in [3.63, 3.8) is 0 Å². The zero-order chi connectivity index (χ0) is 14.2. The highest BCUT2D eigenvalue weighted by molar-refractivity contribution is 7.89. The van der Waals surface area contributed by atoms with Crippen LogP contribution in [0.1, 0.15) is 51.9 Å². The lowest BCUT2D eigenvalue weighted by Crippen LogP contribution is -2.60. The minimum absolute atomic E-state index is 0.0776. The molecule has 0 aromatic carbocycles. The van der Waals surface area contributed by atoms with Crippen molar-refractivity contribution < 1.29 is 8.42 Å². The highest BCUT2D eigenvalue weighted by atomic mass is 32.2. The molecule has 0 spiro atoms. The summed E-state index contributed by atoms with van der Waals surface area (Å²) in [4.78, 5) is 0. The number of sulfonamides is 1. The van der Waals surface area contributed by atoms with Crippen molar-refractivity contribution in [2.24, 2.45) is 17.8 Å². The van der Waals surface area contributed by atoms with E-state index >= 15 is 0 Å². The van der Waals surface area contributed by atoms with E-state index in [1.165, 1.54) is 19.3 Å². The Kier molecular flexibility index (Phi) is 4.13. The summed E-state index contributed by atoms with van der Waals surface area (Å²) in [6, 6.07) is 0. The van der Waals surface area contributed by atoms with Gasteiger partial charge in [-0.25, -0.2) is 13.1 Å². The van der Waals surface area contributed by atoms with Gasteiger partial charge in [0.15, 0.2) is 0 Å². The Morgan fingerprint density at radius 3 is 2.10 bits per heavy atom. The number of nitrogens with one attached hydrogen (secondary N) is 2. The standard InChI is InChI=1S/C15H28N2O2S/c1-2-16-4-3-5-20(18,19)17-15-9-12-6-13(10-15)8-14(7-12)11-15/h12-14,16-17H,2-11H2,1H3. The monoisotopic (exact) mass is 300 g/mol. The Labute approximate surface area is 123 Å². The van der Waals surface area contributed by atoms with Crippen molar-refractivity contribution in [3.8, 4) is 0 Å². The topological polar surface area (TPSA) is 58.2 Å². The first-order chi connectivity index (χ1) is 9.50. The zero-order valence-electron chi connectivity index (χ0n) is 12.5. The molecule has 0 heterocycles. The summed E-state index contributed by atoms with van der Waals surface area (Å²) in [5.41, 5.74) is -0.0776. The molecule has 4 bridgehead atoms. The molecule has 0 atom stereocenters. The van der Waals surface area contributed by atoms with Gasteiger partial charge in [0, 0.05) is 5.54 Å². The predicted octanol–water partition coefficient (Wildman–Crippen LogP) is 1.87. The Morgan fingerprint density at radius 1 is 1.05 bits per heavy atom. The van der Waals surface area contributed by atoms with Crippen LogP contribution in [-0.2, 0) is 10.0 Å². The predicted molar refractivity (Wildman–Crippen MR) is 81.0 cm³/mol. The number of rotatable bonds is 7. The SMILES string of the molecule is CCNCCCS(=O)(=O)NC12CC3CC(CC(C3)C1)C2. The van der Waals surface area contributed by atoms with E-state index in [1.807, 2.05) is 6.92 Å². The fourth-order valence-corrected chi connectivity index (χ4v) is 6.72. The second-order valence-corrected chi connectivity index (χ2v) is 9.17. The lowest BCUT2D eigenvalue weighted by Gasteiger charge is -2.56. The Bertz CT molecular complexity index is 412. The molecule has 116 valence electrons. The maximum Gasteiger partial charge on any atom is 0.212 e. The fraction of sp³-hybridized carbons (Fsp3) is 1.00. The van der Waals surface area contributed by atoms with E-state index in [0.29, 0.717) is 6.42 Å². The third-order valence-electron chi connectivity index (χ3n) is 5.43. The first kappa shape index (κ1) is 14.8. The molecule has 0 saturated heterocycles. The van der Waals surface area contributed by atoms with Gasteiger partial charge < -0.3 is 5.32 Å². The summed E-state index contributed by atoms with van der Waals surface area (Å²) in [5, 5.41) is 3.19. The summed E-state index contributed by atoms with van der Waals surface area (Å²) in [7, 11) is -3.11. The molecule has 4 saturated carbocycles. The van der Waals surface area contributed by atoms with Crippen molar-refractivity contribution in [1.29, 1.82) is 0 Å². The fourth-order valence-electron chi connectivity index (χ4n) is 5.18. The van der Waals surface area contributed by atoms with Crippen LogP contribution in [0, 0.1) is 17.8 Å². The van der Waals surface area contributed by atoms with Crippen molar-refractivity contribution in [2.45, 2.75) is 57.4 Å². The number of hydrogen-bond acceptors (Lipinski definition) is 3. The summed E-state index contributed by atoms with van der Waals surface area (Å²) in [6.07, 6.45) is 8.02. The van der Waals surface area contributed by atoms with E-state index in [2.05, 4.69) is 10.0 Å². The normalized spacial score (nSPS) is 39.4. The summed E-state index contributed by atoms with van der Waals surface area (Å²) in [5.74, 6) is 2.61. The molecule has 4 aliphatic rings. The van der Waals surface area contributed by atoms with E-state index in [-0.39, 0.29) is 11.3 Å². The maximum atomic E-state index is 12.3. The van der Waals surface area contributed by atoms with Gasteiger partial charge in [-0.15, -0.1) is 0 Å². The van der Waals surface area contributed by atoms with Crippen molar-refractivity contribution in [1.82, 2.24) is 10.0 Å². The molecule has 0 unspecified atom stereocenters. The third kappa shape index (κ3) is 3.20. The molecule has 4 aliphatic carbocycles. The summed E-state index contributed by atoms with van der Waals surface area (Å²) >= 11 is 0. The van der Waals surface area contributed by atoms with Gasteiger partial charge in [-0.1, -0.05) is 6.92 Å². The first-order valence-electron chi connectivity index (χ1n) is 8.23. The van der Waals surface area contributed by atoms with Crippen molar-refractivity contribution in [3.05, 3.63) is 0 Å². The maximum absolute atomic E-state index is 12.3. The van der Waals surface area contributed by atoms with Gasteiger partial charge in [-0.05, 0) is 75.8 Å². The summed E-state index contributed by atoms with van der Waals surface area (Å²) in [6.45, 7) is 3.74. The average molecular weight is 300 g/mol. The molecule has 4 rings (SSSR count). The molecule has 0 amide bonds. The molecule has 0 radical (unpaired) electrons. The molecule has 4 nitrogen and oxygen atoms in total. The Balaban J connectivity index is 1.59. The molecule has 5 heteroatoms. The van der Waals surface area contributed by atoms with Crippen LogP contribution in [0.15, 0.2) is 0 Å². The molecule has 4 fully saturated rings. The smallest absolute Gasteiger partial charge is 0.212 e. The second-order valence-electron chi connectivity index (χ2n) is 7.33. The van der Waals surface area contributed by atoms with Crippen LogP contribution in [0.3, 0.4) is 0 Å². The van der Waals surface area contributed by atoms with Crippen molar-refractivity contribution >= 4 is 10.0 Å². The zero-order valence-corrected chi connectivity index (χ0v) is 13.3. The van der Waals surface area contributed by atoms with Gasteiger partial charge in [0.1, 0.15) is 0 Å². The largest absolute Gasteiger partial charge is 0.317 e. The minimum Gasteiger partial charge on any atom is -0.317 e. The Morgan fingerprint density at radius 2 is 1.60 bits per heavy atom. The molecular weight excluding hydrogens is 272 g/mol. The third-order valence-corrected chi connectivity index (χ3v) is 7.00. The van der Waals surface area contributed by atoms with E-state index in [0.717, 1.165) is 50.1 Å². The molecule has 0 aromatic heterocycles.